The normalized spacial score (nSPS) is 15.7. The van der Waals surface area contributed by atoms with Gasteiger partial charge < -0.3 is 14.7 Å². The van der Waals surface area contributed by atoms with Gasteiger partial charge in [-0.2, -0.15) is 18.3 Å². The topological polar surface area (TPSA) is 102 Å². The lowest BCUT2D eigenvalue weighted by atomic mass is 9.98. The summed E-state index contributed by atoms with van der Waals surface area (Å²) in [5, 5.41) is 14.3. The van der Waals surface area contributed by atoms with Crippen molar-refractivity contribution in [1.82, 2.24) is 24.2 Å². The molecule has 2 aromatic carbocycles. The van der Waals surface area contributed by atoms with E-state index in [-0.39, 0.29) is 47.0 Å². The van der Waals surface area contributed by atoms with E-state index in [2.05, 4.69) is 15.9 Å². The molecular weight excluding hydrogens is 655 g/mol. The minimum absolute atomic E-state index is 0.0701. The van der Waals surface area contributed by atoms with Gasteiger partial charge in [0.15, 0.2) is 0 Å². The molecule has 1 N–H and O–H groups in total. The monoisotopic (exact) mass is 687 g/mol. The molecule has 0 bridgehead atoms. The van der Waals surface area contributed by atoms with Crippen LogP contribution >= 0.6 is 15.9 Å². The summed E-state index contributed by atoms with van der Waals surface area (Å²) >= 11 is 2.93. The zero-order valence-electron chi connectivity index (χ0n) is 25.4. The van der Waals surface area contributed by atoms with E-state index in [4.69, 9.17) is 14.8 Å². The van der Waals surface area contributed by atoms with E-state index in [9.17, 15) is 27.9 Å². The molecule has 9 nitrogen and oxygen atoms in total. The molecule has 238 valence electrons. The van der Waals surface area contributed by atoms with Gasteiger partial charge in [-0.1, -0.05) is 29.8 Å². The fraction of sp³-hybridized carbons (Fsp3) is 0.375. The molecule has 2 atom stereocenters. The molecule has 3 heterocycles. The number of aliphatic hydroxyl groups excluding tert-OH is 1. The molecule has 0 saturated heterocycles. The first-order valence-corrected chi connectivity index (χ1v) is 15.3. The van der Waals surface area contributed by atoms with E-state index in [0.717, 1.165) is 17.5 Å². The number of nitrogens with zero attached hydrogens (tertiary/aromatic N) is 5. The average Bonchev–Trinajstić information content (AvgIpc) is 3.37. The number of hydrogen-bond donors (Lipinski definition) is 1. The Kier molecular flexibility index (Phi) is 8.96. The summed E-state index contributed by atoms with van der Waals surface area (Å²) in [7, 11) is 0. The van der Waals surface area contributed by atoms with Crippen LogP contribution in [0.25, 0.3) is 11.6 Å². The standard InChI is InChI=1S/C32H33BrF3N5O4/c1-17(2)27-13-19(4)41(38-27)31-37-28-15-39(29(43)21-6-11-26(33)25(14-21)32(34,35)36)18(3)12-24(28)30(44)40(31)22-7-9-23(10-8-22)45-16-20(5)42/h6-11,13-14,17-18,20,42H,12,15-16H2,1-5H3/t18-,20?/m1/s1. The van der Waals surface area contributed by atoms with Crippen LogP contribution in [-0.4, -0.2) is 54.0 Å². The van der Waals surface area contributed by atoms with Crippen LogP contribution in [0.2, 0.25) is 0 Å². The van der Waals surface area contributed by atoms with Crippen molar-refractivity contribution in [3.05, 3.63) is 97.1 Å². The number of alkyl halides is 3. The molecule has 4 aromatic rings. The Labute approximate surface area is 266 Å². The quantitative estimate of drug-likeness (QED) is 0.257. The van der Waals surface area contributed by atoms with Gasteiger partial charge in [0, 0.05) is 27.3 Å². The van der Waals surface area contributed by atoms with Crippen LogP contribution in [0.1, 0.15) is 72.2 Å². The zero-order chi connectivity index (χ0) is 32.8. The van der Waals surface area contributed by atoms with Crippen LogP contribution in [0.15, 0.2) is 57.8 Å². The van der Waals surface area contributed by atoms with Crippen LogP contribution in [0, 0.1) is 6.92 Å². The number of aliphatic hydroxyl groups is 1. The van der Waals surface area contributed by atoms with Gasteiger partial charge in [-0.25, -0.2) is 14.2 Å². The van der Waals surface area contributed by atoms with Crippen molar-refractivity contribution in [3.63, 3.8) is 0 Å². The predicted octanol–water partition coefficient (Wildman–Crippen LogP) is 5.98. The molecule has 45 heavy (non-hydrogen) atoms. The Balaban J connectivity index is 1.60. The van der Waals surface area contributed by atoms with Crippen molar-refractivity contribution >= 4 is 21.8 Å². The van der Waals surface area contributed by atoms with E-state index in [1.807, 2.05) is 26.8 Å². The minimum atomic E-state index is -4.64. The molecule has 1 aliphatic heterocycles. The van der Waals surface area contributed by atoms with Crippen LogP contribution in [0.5, 0.6) is 5.75 Å². The van der Waals surface area contributed by atoms with E-state index in [1.54, 1.807) is 42.8 Å². The molecule has 0 saturated carbocycles. The van der Waals surface area contributed by atoms with Crippen LogP contribution in [0.4, 0.5) is 13.2 Å². The van der Waals surface area contributed by atoms with Crippen LogP contribution in [0.3, 0.4) is 0 Å². The number of carbonyl (C=O) groups is 1. The third-order valence-corrected chi connectivity index (χ3v) is 8.34. The minimum Gasteiger partial charge on any atom is -0.491 e. The van der Waals surface area contributed by atoms with Gasteiger partial charge in [0.25, 0.3) is 11.5 Å². The first-order valence-electron chi connectivity index (χ1n) is 14.5. The number of aromatic nitrogens is 4. The Morgan fingerprint density at radius 3 is 2.42 bits per heavy atom. The molecule has 13 heteroatoms. The second kappa shape index (κ2) is 12.4. The second-order valence-corrected chi connectivity index (χ2v) is 12.4. The second-order valence-electron chi connectivity index (χ2n) is 11.6. The highest BCUT2D eigenvalue weighted by atomic mass is 79.9. The summed E-state index contributed by atoms with van der Waals surface area (Å²) in [6, 6.07) is 11.6. The fourth-order valence-electron chi connectivity index (χ4n) is 5.23. The van der Waals surface area contributed by atoms with Gasteiger partial charge in [0.05, 0.1) is 35.3 Å². The summed E-state index contributed by atoms with van der Waals surface area (Å²) in [5.41, 5.74) is 1.41. The van der Waals surface area contributed by atoms with Crippen LogP contribution in [-0.2, 0) is 19.1 Å². The number of ether oxygens (including phenoxy) is 1. The highest BCUT2D eigenvalue weighted by Crippen LogP contribution is 2.36. The first kappa shape index (κ1) is 32.4. The lowest BCUT2D eigenvalue weighted by Gasteiger charge is -2.34. The Morgan fingerprint density at radius 2 is 1.82 bits per heavy atom. The lowest BCUT2D eigenvalue weighted by Crippen LogP contribution is -2.46. The van der Waals surface area contributed by atoms with Gasteiger partial charge in [0.2, 0.25) is 5.95 Å². The Hall–Kier alpha value is -3.97. The summed E-state index contributed by atoms with van der Waals surface area (Å²) in [6.45, 7) is 9.27. The average molecular weight is 689 g/mol. The number of hydrogen-bond acceptors (Lipinski definition) is 6. The molecule has 5 rings (SSSR count). The maximum Gasteiger partial charge on any atom is 0.417 e. The predicted molar refractivity (Wildman–Crippen MR) is 165 cm³/mol. The zero-order valence-corrected chi connectivity index (χ0v) is 27.0. The number of amides is 1. The van der Waals surface area contributed by atoms with E-state index in [1.165, 1.54) is 21.6 Å². The number of fused-ring (bicyclic) bond motifs is 1. The molecule has 0 spiro atoms. The number of carbonyl (C=O) groups excluding carboxylic acids is 1. The van der Waals surface area contributed by atoms with Crippen molar-refractivity contribution in [1.29, 1.82) is 0 Å². The smallest absolute Gasteiger partial charge is 0.417 e. The number of benzene rings is 2. The summed E-state index contributed by atoms with van der Waals surface area (Å²) in [6.07, 6.45) is -5.14. The summed E-state index contributed by atoms with van der Waals surface area (Å²) in [5.74, 6) is 0.242. The highest BCUT2D eigenvalue weighted by Gasteiger charge is 2.36. The number of halogens is 4. The molecule has 1 amide bonds. The maximum absolute atomic E-state index is 14.2. The van der Waals surface area contributed by atoms with Gasteiger partial charge >= 0.3 is 6.18 Å². The van der Waals surface area contributed by atoms with Crippen molar-refractivity contribution in [2.24, 2.45) is 0 Å². The molecule has 1 aliphatic rings. The molecule has 0 fully saturated rings. The largest absolute Gasteiger partial charge is 0.491 e. The van der Waals surface area contributed by atoms with Crippen molar-refractivity contribution in [3.8, 4) is 17.4 Å². The lowest BCUT2D eigenvalue weighted by molar-refractivity contribution is -0.138. The SMILES string of the molecule is Cc1cc(C(C)C)nn1-c1nc2c(c(=O)n1-c1ccc(OCC(C)O)cc1)C[C@@H](C)N(C(=O)c1ccc(Br)c(C(F)(F)F)c1)C2. The molecule has 2 aromatic heterocycles. The molecule has 0 aliphatic carbocycles. The summed E-state index contributed by atoms with van der Waals surface area (Å²) < 4.78 is 49.2. The summed E-state index contributed by atoms with van der Waals surface area (Å²) in [4.78, 5) is 34.1. The van der Waals surface area contributed by atoms with Gasteiger partial charge in [0.1, 0.15) is 12.4 Å². The van der Waals surface area contributed by atoms with Crippen LogP contribution < -0.4 is 10.3 Å². The fourth-order valence-corrected chi connectivity index (χ4v) is 5.70. The van der Waals surface area contributed by atoms with E-state index >= 15 is 0 Å². The van der Waals surface area contributed by atoms with Crippen molar-refractivity contribution in [2.75, 3.05) is 6.61 Å². The van der Waals surface area contributed by atoms with Gasteiger partial charge in [-0.05, 0) is 81.6 Å². The highest BCUT2D eigenvalue weighted by molar-refractivity contribution is 9.10. The molecule has 1 unspecified atom stereocenters. The Morgan fingerprint density at radius 1 is 1.13 bits per heavy atom. The van der Waals surface area contributed by atoms with Crippen molar-refractivity contribution in [2.45, 2.75) is 71.8 Å². The molecular formula is C32H33BrF3N5O4. The Bertz CT molecular complexity index is 1800. The first-order chi connectivity index (χ1) is 21.1. The number of aryl methyl sites for hydroxylation is 1. The molecule has 0 radical (unpaired) electrons. The van der Waals surface area contributed by atoms with E-state index in [0.29, 0.717) is 22.7 Å². The third-order valence-electron chi connectivity index (χ3n) is 7.65. The maximum atomic E-state index is 14.2. The number of rotatable bonds is 7. The van der Waals surface area contributed by atoms with E-state index < -0.39 is 29.8 Å². The van der Waals surface area contributed by atoms with Gasteiger partial charge in [-0.3, -0.25) is 9.59 Å². The van der Waals surface area contributed by atoms with Crippen molar-refractivity contribution < 1.29 is 27.8 Å². The third kappa shape index (κ3) is 6.55. The van der Waals surface area contributed by atoms with Gasteiger partial charge in [-0.15, -0.1) is 0 Å².